The van der Waals surface area contributed by atoms with Crippen LogP contribution >= 0.6 is 34.2 Å². The first-order valence-electron chi connectivity index (χ1n) is 4.87. The second-order valence-corrected chi connectivity index (χ2v) is 4.92. The van der Waals surface area contributed by atoms with E-state index in [9.17, 15) is 0 Å². The van der Waals surface area contributed by atoms with E-state index in [0.29, 0.717) is 6.61 Å². The maximum absolute atomic E-state index is 5.93. The predicted molar refractivity (Wildman–Crippen MR) is 74.9 cm³/mol. The summed E-state index contributed by atoms with van der Waals surface area (Å²) in [6, 6.07) is 15.8. The van der Waals surface area contributed by atoms with Gasteiger partial charge in [0.05, 0.1) is 5.02 Å². The first-order chi connectivity index (χ1) is 7.75. The normalized spacial score (nSPS) is 10.1. The van der Waals surface area contributed by atoms with Gasteiger partial charge in [-0.3, -0.25) is 0 Å². The summed E-state index contributed by atoms with van der Waals surface area (Å²) in [7, 11) is 0. The van der Waals surface area contributed by atoms with Gasteiger partial charge in [-0.1, -0.05) is 41.9 Å². The minimum absolute atomic E-state index is 0.582. The van der Waals surface area contributed by atoms with Crippen LogP contribution < -0.4 is 4.74 Å². The number of ether oxygens (including phenoxy) is 1. The zero-order chi connectivity index (χ0) is 11.4. The van der Waals surface area contributed by atoms with E-state index in [2.05, 4.69) is 22.6 Å². The lowest BCUT2D eigenvalue weighted by molar-refractivity contribution is 0.306. The number of hydrogen-bond acceptors (Lipinski definition) is 1. The van der Waals surface area contributed by atoms with Crippen LogP contribution in [0.4, 0.5) is 0 Å². The summed E-state index contributed by atoms with van der Waals surface area (Å²) >= 11 is 8.13. The molecular formula is C13H10ClIO. The minimum Gasteiger partial charge on any atom is -0.489 e. The fourth-order valence-corrected chi connectivity index (χ4v) is 1.91. The number of halogens is 2. The second kappa shape index (κ2) is 5.55. The molecule has 0 fully saturated rings. The van der Waals surface area contributed by atoms with E-state index in [4.69, 9.17) is 16.3 Å². The molecule has 0 aliphatic carbocycles. The summed E-state index contributed by atoms with van der Waals surface area (Å²) in [5.41, 5.74) is 1.16. The van der Waals surface area contributed by atoms with Crippen molar-refractivity contribution in [1.82, 2.24) is 0 Å². The van der Waals surface area contributed by atoms with Gasteiger partial charge in [0.15, 0.2) is 0 Å². The molecule has 0 aliphatic heterocycles. The Labute approximate surface area is 114 Å². The van der Waals surface area contributed by atoms with Crippen molar-refractivity contribution >= 4 is 34.2 Å². The molecule has 0 bridgehead atoms. The summed E-state index contributed by atoms with van der Waals surface area (Å²) in [5, 5.41) is 0.757. The molecule has 0 heterocycles. The van der Waals surface area contributed by atoms with E-state index in [1.54, 1.807) is 0 Å². The highest BCUT2D eigenvalue weighted by atomic mass is 127. The molecule has 0 amide bonds. The summed E-state index contributed by atoms with van der Waals surface area (Å²) in [5.74, 6) is 0.845. The Morgan fingerprint density at radius 2 is 1.81 bits per heavy atom. The molecule has 2 aromatic rings. The van der Waals surface area contributed by atoms with E-state index in [1.807, 2.05) is 48.5 Å². The Morgan fingerprint density at radius 1 is 1.06 bits per heavy atom. The maximum atomic E-state index is 5.93. The average Bonchev–Trinajstić information content (AvgIpc) is 2.32. The van der Waals surface area contributed by atoms with Crippen molar-refractivity contribution < 1.29 is 4.74 Å². The van der Waals surface area contributed by atoms with Crippen LogP contribution in [-0.2, 0) is 6.61 Å². The largest absolute Gasteiger partial charge is 0.489 e. The lowest BCUT2D eigenvalue weighted by Crippen LogP contribution is -1.95. The van der Waals surface area contributed by atoms with Gasteiger partial charge in [-0.05, 0) is 46.4 Å². The van der Waals surface area contributed by atoms with Crippen molar-refractivity contribution in [3.8, 4) is 5.75 Å². The van der Waals surface area contributed by atoms with E-state index in [-0.39, 0.29) is 0 Å². The van der Waals surface area contributed by atoms with Crippen LogP contribution in [0.3, 0.4) is 0 Å². The Balaban J connectivity index is 2.03. The van der Waals surface area contributed by atoms with E-state index >= 15 is 0 Å². The molecule has 0 N–H and O–H groups in total. The van der Waals surface area contributed by atoms with Crippen LogP contribution in [0.15, 0.2) is 48.5 Å². The molecule has 0 aliphatic rings. The van der Waals surface area contributed by atoms with Crippen molar-refractivity contribution in [3.63, 3.8) is 0 Å². The van der Waals surface area contributed by atoms with E-state index in [1.165, 1.54) is 0 Å². The molecule has 0 saturated carbocycles. The minimum atomic E-state index is 0.582. The van der Waals surface area contributed by atoms with Gasteiger partial charge >= 0.3 is 0 Å². The molecular weight excluding hydrogens is 334 g/mol. The van der Waals surface area contributed by atoms with Crippen LogP contribution in [0, 0.1) is 3.57 Å². The van der Waals surface area contributed by atoms with Crippen molar-refractivity contribution in [2.75, 3.05) is 0 Å². The number of hydrogen-bond donors (Lipinski definition) is 0. The molecule has 1 nitrogen and oxygen atoms in total. The third kappa shape index (κ3) is 3.12. The number of benzene rings is 2. The molecule has 3 heteroatoms. The van der Waals surface area contributed by atoms with Gasteiger partial charge in [0.2, 0.25) is 0 Å². The smallest absolute Gasteiger partial charge is 0.120 e. The molecule has 0 atom stereocenters. The predicted octanol–water partition coefficient (Wildman–Crippen LogP) is 4.52. The highest BCUT2D eigenvalue weighted by molar-refractivity contribution is 14.1. The van der Waals surface area contributed by atoms with Crippen LogP contribution in [-0.4, -0.2) is 0 Å². The monoisotopic (exact) mass is 344 g/mol. The number of rotatable bonds is 3. The summed E-state index contributed by atoms with van der Waals surface area (Å²) in [6.07, 6.45) is 0. The Bertz CT molecular complexity index is 471. The molecule has 0 aromatic heterocycles. The van der Waals surface area contributed by atoms with E-state index < -0.39 is 0 Å². The Kier molecular flexibility index (Phi) is 4.07. The Hall–Kier alpha value is -0.740. The highest BCUT2D eigenvalue weighted by Gasteiger charge is 2.00. The molecule has 0 spiro atoms. The second-order valence-electron chi connectivity index (χ2n) is 3.35. The van der Waals surface area contributed by atoms with Gasteiger partial charge in [0.1, 0.15) is 12.4 Å². The topological polar surface area (TPSA) is 9.23 Å². The van der Waals surface area contributed by atoms with Crippen molar-refractivity contribution in [2.24, 2.45) is 0 Å². The van der Waals surface area contributed by atoms with Crippen LogP contribution in [0.2, 0.25) is 5.02 Å². The fraction of sp³-hybridized carbons (Fsp3) is 0.0769. The van der Waals surface area contributed by atoms with Crippen LogP contribution in [0.5, 0.6) is 5.75 Å². The van der Waals surface area contributed by atoms with Crippen LogP contribution in [0.25, 0.3) is 0 Å². The third-order valence-electron chi connectivity index (χ3n) is 2.14. The van der Waals surface area contributed by atoms with Crippen molar-refractivity contribution in [3.05, 3.63) is 62.7 Å². The SMILES string of the molecule is Clc1ccc(OCc2ccccc2)cc1I. The maximum Gasteiger partial charge on any atom is 0.120 e. The summed E-state index contributed by atoms with van der Waals surface area (Å²) < 4.78 is 6.67. The third-order valence-corrected chi connectivity index (χ3v) is 3.68. The lowest BCUT2D eigenvalue weighted by atomic mass is 10.2. The fourth-order valence-electron chi connectivity index (χ4n) is 1.31. The first-order valence-corrected chi connectivity index (χ1v) is 6.33. The Morgan fingerprint density at radius 3 is 2.50 bits per heavy atom. The standard InChI is InChI=1S/C13H10ClIO/c14-12-7-6-11(8-13(12)15)16-9-10-4-2-1-3-5-10/h1-8H,9H2. The molecule has 0 unspecified atom stereocenters. The van der Waals surface area contributed by atoms with Gasteiger partial charge in [0, 0.05) is 3.57 Å². The van der Waals surface area contributed by atoms with Gasteiger partial charge in [-0.2, -0.15) is 0 Å². The first kappa shape index (κ1) is 11.7. The lowest BCUT2D eigenvalue weighted by Gasteiger charge is -2.07. The highest BCUT2D eigenvalue weighted by Crippen LogP contribution is 2.23. The quantitative estimate of drug-likeness (QED) is 0.744. The molecule has 2 rings (SSSR count). The summed E-state index contributed by atoms with van der Waals surface area (Å²) in [4.78, 5) is 0. The molecule has 2 aromatic carbocycles. The van der Waals surface area contributed by atoms with Gasteiger partial charge in [-0.15, -0.1) is 0 Å². The van der Waals surface area contributed by atoms with E-state index in [0.717, 1.165) is 19.9 Å². The zero-order valence-corrected chi connectivity index (χ0v) is 11.4. The average molecular weight is 345 g/mol. The van der Waals surface area contributed by atoms with Gasteiger partial charge in [-0.25, -0.2) is 0 Å². The van der Waals surface area contributed by atoms with Crippen molar-refractivity contribution in [1.29, 1.82) is 0 Å². The zero-order valence-electron chi connectivity index (χ0n) is 8.49. The molecule has 82 valence electrons. The molecule has 16 heavy (non-hydrogen) atoms. The summed E-state index contributed by atoms with van der Waals surface area (Å²) in [6.45, 7) is 0.582. The molecule has 0 radical (unpaired) electrons. The van der Waals surface area contributed by atoms with Gasteiger partial charge in [0.25, 0.3) is 0 Å². The van der Waals surface area contributed by atoms with Gasteiger partial charge < -0.3 is 4.74 Å². The molecule has 0 saturated heterocycles. The van der Waals surface area contributed by atoms with Crippen molar-refractivity contribution in [2.45, 2.75) is 6.61 Å². The van der Waals surface area contributed by atoms with Crippen LogP contribution in [0.1, 0.15) is 5.56 Å².